The Labute approximate surface area is 151 Å². The van der Waals surface area contributed by atoms with Gasteiger partial charge in [-0.15, -0.1) is 0 Å². The third kappa shape index (κ3) is 3.74. The van der Waals surface area contributed by atoms with E-state index in [2.05, 4.69) is 0 Å². The first-order chi connectivity index (χ1) is 12.5. The van der Waals surface area contributed by atoms with E-state index in [1.165, 1.54) is 19.2 Å². The van der Waals surface area contributed by atoms with Crippen LogP contribution in [-0.4, -0.2) is 25.1 Å². The Morgan fingerprint density at radius 1 is 1.12 bits per heavy atom. The van der Waals surface area contributed by atoms with Crippen LogP contribution in [0.5, 0.6) is 5.75 Å². The van der Waals surface area contributed by atoms with Gasteiger partial charge < -0.3 is 9.47 Å². The third-order valence-corrected chi connectivity index (χ3v) is 4.55. The fourth-order valence-electron chi connectivity index (χ4n) is 3.03. The van der Waals surface area contributed by atoms with Gasteiger partial charge in [-0.25, -0.2) is 4.79 Å². The minimum atomic E-state index is -0.440. The number of carbonyl (C=O) groups excluding carboxylic acids is 1. The monoisotopic (exact) mass is 353 g/mol. The molecule has 1 atom stereocenters. The van der Waals surface area contributed by atoms with Crippen molar-refractivity contribution >= 4 is 11.7 Å². The average molecular weight is 353 g/mol. The van der Waals surface area contributed by atoms with E-state index in [1.807, 2.05) is 24.3 Å². The molecule has 2 aromatic carbocycles. The van der Waals surface area contributed by atoms with Gasteiger partial charge in [-0.2, -0.15) is 0 Å². The van der Waals surface area contributed by atoms with E-state index in [0.29, 0.717) is 12.0 Å². The number of benzene rings is 2. The predicted molar refractivity (Wildman–Crippen MR) is 96.2 cm³/mol. The van der Waals surface area contributed by atoms with Gasteiger partial charge in [0.2, 0.25) is 0 Å². The van der Waals surface area contributed by atoms with Crippen LogP contribution in [0, 0.1) is 10.1 Å². The summed E-state index contributed by atoms with van der Waals surface area (Å²) in [7, 11) is 2.99. The third-order valence-electron chi connectivity index (χ3n) is 4.55. The number of allylic oxidation sites excluding steroid dienone is 1. The first-order valence-corrected chi connectivity index (χ1v) is 8.21. The Kier molecular flexibility index (Phi) is 5.02. The van der Waals surface area contributed by atoms with Crippen molar-refractivity contribution in [1.29, 1.82) is 0 Å². The smallest absolute Gasteiger partial charge is 0.334 e. The number of hydrogen-bond donors (Lipinski definition) is 0. The molecule has 1 aliphatic carbocycles. The molecule has 0 radical (unpaired) electrons. The van der Waals surface area contributed by atoms with E-state index in [1.54, 1.807) is 19.2 Å². The molecule has 6 heteroatoms. The van der Waals surface area contributed by atoms with Crippen molar-refractivity contribution in [2.24, 2.45) is 0 Å². The maximum Gasteiger partial charge on any atom is 0.334 e. The van der Waals surface area contributed by atoms with Gasteiger partial charge in [0.25, 0.3) is 5.69 Å². The summed E-state index contributed by atoms with van der Waals surface area (Å²) < 4.78 is 10.1. The number of nitro benzene ring substituents is 1. The SMILES string of the molecule is COC(=O)/C(Cc1ccc([N+](=O)[O-])cc1)=C1/CC1c1ccc(OC)cc1. The number of hydrogen-bond acceptors (Lipinski definition) is 5. The van der Waals surface area contributed by atoms with Crippen molar-refractivity contribution in [1.82, 2.24) is 0 Å². The van der Waals surface area contributed by atoms with Crippen molar-refractivity contribution in [2.75, 3.05) is 14.2 Å². The normalized spacial score (nSPS) is 17.4. The van der Waals surface area contributed by atoms with Crippen molar-refractivity contribution in [3.8, 4) is 5.75 Å². The second kappa shape index (κ2) is 7.39. The molecule has 3 rings (SSSR count). The zero-order valence-electron chi connectivity index (χ0n) is 14.6. The van der Waals surface area contributed by atoms with Gasteiger partial charge in [0.05, 0.1) is 19.1 Å². The summed E-state index contributed by atoms with van der Waals surface area (Å²) in [6.45, 7) is 0. The highest BCUT2D eigenvalue weighted by Crippen LogP contribution is 2.49. The van der Waals surface area contributed by atoms with Crippen molar-refractivity contribution < 1.29 is 19.2 Å². The lowest BCUT2D eigenvalue weighted by Gasteiger charge is -2.06. The molecule has 1 fully saturated rings. The fourth-order valence-corrected chi connectivity index (χ4v) is 3.03. The lowest BCUT2D eigenvalue weighted by atomic mass is 10.0. The van der Waals surface area contributed by atoms with Crippen LogP contribution in [0.1, 0.15) is 23.5 Å². The molecular formula is C20H19NO5. The Hall–Kier alpha value is -3.15. The molecule has 0 aromatic heterocycles. The highest BCUT2D eigenvalue weighted by molar-refractivity contribution is 5.91. The van der Waals surface area contributed by atoms with Gasteiger partial charge in [-0.3, -0.25) is 10.1 Å². The van der Waals surface area contributed by atoms with Crippen molar-refractivity contribution in [2.45, 2.75) is 18.8 Å². The van der Waals surface area contributed by atoms with Crippen LogP contribution >= 0.6 is 0 Å². The van der Waals surface area contributed by atoms with E-state index in [0.717, 1.165) is 28.9 Å². The first kappa shape index (κ1) is 17.7. The van der Waals surface area contributed by atoms with Crippen molar-refractivity contribution in [3.05, 3.63) is 80.9 Å². The number of methoxy groups -OCH3 is 2. The standard InChI is InChI=1S/C20H19NO5/c1-25-16-9-5-14(6-10-16)17-12-18(17)19(20(22)26-2)11-13-3-7-15(8-4-13)21(23)24/h3-10,17H,11-12H2,1-2H3/b19-18-. The minimum Gasteiger partial charge on any atom is -0.497 e. The van der Waals surface area contributed by atoms with Gasteiger partial charge in [-0.1, -0.05) is 29.8 Å². The molecule has 26 heavy (non-hydrogen) atoms. The average Bonchev–Trinajstić information content (AvgIpc) is 3.46. The van der Waals surface area contributed by atoms with Gasteiger partial charge in [0.15, 0.2) is 0 Å². The van der Waals surface area contributed by atoms with E-state index in [9.17, 15) is 14.9 Å². The summed E-state index contributed by atoms with van der Waals surface area (Å²) in [5.41, 5.74) is 3.68. The Morgan fingerprint density at radius 3 is 2.31 bits per heavy atom. The lowest BCUT2D eigenvalue weighted by Crippen LogP contribution is -2.08. The van der Waals surface area contributed by atoms with E-state index in [-0.39, 0.29) is 17.6 Å². The molecule has 6 nitrogen and oxygen atoms in total. The number of esters is 1. The summed E-state index contributed by atoms with van der Waals surface area (Å²) in [6, 6.07) is 14.0. The molecule has 0 bridgehead atoms. The zero-order valence-corrected chi connectivity index (χ0v) is 14.6. The maximum atomic E-state index is 12.2. The number of carbonyl (C=O) groups is 1. The molecule has 1 saturated carbocycles. The molecule has 0 spiro atoms. The van der Waals surface area contributed by atoms with Gasteiger partial charge in [-0.05, 0) is 29.7 Å². The maximum absolute atomic E-state index is 12.2. The topological polar surface area (TPSA) is 78.7 Å². The molecule has 0 heterocycles. The predicted octanol–water partition coefficient (Wildman–Crippen LogP) is 3.80. The fraction of sp³-hybridized carbons (Fsp3) is 0.250. The summed E-state index contributed by atoms with van der Waals surface area (Å²) >= 11 is 0. The van der Waals surface area contributed by atoms with Crippen LogP contribution in [0.25, 0.3) is 0 Å². The second-order valence-corrected chi connectivity index (χ2v) is 6.13. The Balaban J connectivity index is 1.83. The molecule has 2 aromatic rings. The molecule has 134 valence electrons. The number of ether oxygens (including phenoxy) is 2. The van der Waals surface area contributed by atoms with Crippen LogP contribution in [0.4, 0.5) is 5.69 Å². The van der Waals surface area contributed by atoms with Crippen LogP contribution < -0.4 is 4.74 Å². The van der Waals surface area contributed by atoms with Crippen LogP contribution in [-0.2, 0) is 16.0 Å². The molecule has 0 N–H and O–H groups in total. The lowest BCUT2D eigenvalue weighted by molar-refractivity contribution is -0.384. The van der Waals surface area contributed by atoms with Gasteiger partial charge >= 0.3 is 5.97 Å². The minimum absolute atomic E-state index is 0.0311. The molecular weight excluding hydrogens is 334 g/mol. The molecule has 0 aliphatic heterocycles. The summed E-state index contributed by atoms with van der Waals surface area (Å²) in [4.78, 5) is 22.6. The van der Waals surface area contributed by atoms with Gasteiger partial charge in [0.1, 0.15) is 5.75 Å². The summed E-state index contributed by atoms with van der Waals surface area (Å²) in [5, 5.41) is 10.8. The van der Waals surface area contributed by atoms with Crippen molar-refractivity contribution in [3.63, 3.8) is 0 Å². The van der Waals surface area contributed by atoms with Gasteiger partial charge in [0, 0.05) is 30.0 Å². The number of non-ortho nitro benzene ring substituents is 1. The number of nitro groups is 1. The molecule has 1 unspecified atom stereocenters. The number of nitrogens with zero attached hydrogens (tertiary/aromatic N) is 1. The first-order valence-electron chi connectivity index (χ1n) is 8.21. The van der Waals surface area contributed by atoms with E-state index < -0.39 is 4.92 Å². The van der Waals surface area contributed by atoms with Crippen LogP contribution in [0.3, 0.4) is 0 Å². The summed E-state index contributed by atoms with van der Waals surface area (Å²) in [5.74, 6) is 0.640. The second-order valence-electron chi connectivity index (χ2n) is 6.13. The quantitative estimate of drug-likeness (QED) is 0.341. The zero-order chi connectivity index (χ0) is 18.7. The molecule has 0 saturated heterocycles. The van der Waals surface area contributed by atoms with Crippen LogP contribution in [0.15, 0.2) is 59.7 Å². The van der Waals surface area contributed by atoms with E-state index >= 15 is 0 Å². The highest BCUT2D eigenvalue weighted by atomic mass is 16.6. The van der Waals surface area contributed by atoms with Crippen LogP contribution in [0.2, 0.25) is 0 Å². The summed E-state index contributed by atoms with van der Waals surface area (Å²) in [6.07, 6.45) is 1.20. The largest absolute Gasteiger partial charge is 0.497 e. The molecule has 0 amide bonds. The van der Waals surface area contributed by atoms with E-state index in [4.69, 9.17) is 9.47 Å². The Bertz CT molecular complexity index is 853. The highest BCUT2D eigenvalue weighted by Gasteiger charge is 2.36. The molecule has 1 aliphatic rings. The Morgan fingerprint density at radius 2 is 1.77 bits per heavy atom. The number of rotatable bonds is 6.